The minimum absolute atomic E-state index is 0.141. The first-order valence-corrected chi connectivity index (χ1v) is 11.5. The van der Waals surface area contributed by atoms with Crippen molar-refractivity contribution >= 4 is 0 Å². The molecule has 0 spiro atoms. The number of rotatable bonds is 13. The van der Waals surface area contributed by atoms with Gasteiger partial charge in [-0.3, -0.25) is 0 Å². The molecule has 0 heterocycles. The lowest BCUT2D eigenvalue weighted by molar-refractivity contribution is -0.470. The van der Waals surface area contributed by atoms with Gasteiger partial charge in [-0.2, -0.15) is 87.8 Å². The summed E-state index contributed by atoms with van der Waals surface area (Å²) in [6.45, 7) is 5.23. The van der Waals surface area contributed by atoms with Crippen LogP contribution in [0, 0.1) is 17.8 Å². The molecule has 1 aliphatic rings. The molecule has 1 rings (SSSR count). The zero-order chi connectivity index (χ0) is 34.1. The molecule has 1 saturated carbocycles. The standard InChI is InChI=1S/C22H22F20/c1-5-13(23,24)15(27,28)17(31,32)19(35,36)21(39,40)22(41,42)20(37,38)18(33,34)16(29,30)14(25,26)12-8-11(6-9(2)3)7-10(12)4/h10-12H,2,5-8H2,1,3-4H3. The molecule has 0 aliphatic heterocycles. The molecule has 20 heteroatoms. The molecule has 1 fully saturated rings. The van der Waals surface area contributed by atoms with Crippen molar-refractivity contribution in [2.45, 2.75) is 106 Å². The number of alkyl halides is 20. The van der Waals surface area contributed by atoms with Crippen LogP contribution in [0.15, 0.2) is 12.2 Å². The molecule has 1 aliphatic carbocycles. The molecular weight excluding hydrogens is 644 g/mol. The van der Waals surface area contributed by atoms with E-state index in [0.29, 0.717) is 6.92 Å². The van der Waals surface area contributed by atoms with E-state index < -0.39 is 96.2 Å². The Morgan fingerprint density at radius 1 is 0.548 bits per heavy atom. The van der Waals surface area contributed by atoms with Gasteiger partial charge < -0.3 is 0 Å². The molecule has 3 unspecified atom stereocenters. The lowest BCUT2D eigenvalue weighted by atomic mass is 9.81. The zero-order valence-electron chi connectivity index (χ0n) is 21.3. The summed E-state index contributed by atoms with van der Waals surface area (Å²) in [5.41, 5.74) is 0.238. The van der Waals surface area contributed by atoms with Crippen LogP contribution in [0.2, 0.25) is 0 Å². The third-order valence-corrected chi connectivity index (χ3v) is 7.16. The molecule has 3 atom stereocenters. The van der Waals surface area contributed by atoms with E-state index in [2.05, 4.69) is 6.58 Å². The SMILES string of the molecule is C=C(C)CC1CC(C)C(C(F)(F)C(F)(F)C(F)(F)C(F)(F)C(F)(F)C(F)(F)C(F)(F)C(F)(F)C(F)(F)C(F)(F)CC)C1. The van der Waals surface area contributed by atoms with Crippen LogP contribution < -0.4 is 0 Å². The summed E-state index contributed by atoms with van der Waals surface area (Å²) in [7, 11) is 0. The van der Waals surface area contributed by atoms with Gasteiger partial charge in [0.05, 0.1) is 0 Å². The lowest BCUT2D eigenvalue weighted by Gasteiger charge is -2.45. The highest BCUT2D eigenvalue weighted by Crippen LogP contribution is 2.67. The largest absolute Gasteiger partial charge is 0.385 e. The Bertz CT molecular complexity index is 994. The topological polar surface area (TPSA) is 0 Å². The van der Waals surface area contributed by atoms with Gasteiger partial charge in [0.25, 0.3) is 0 Å². The molecule has 0 amide bonds. The summed E-state index contributed by atoms with van der Waals surface area (Å²) < 4.78 is 279. The summed E-state index contributed by atoms with van der Waals surface area (Å²) in [6.07, 6.45) is -4.44. The minimum atomic E-state index is -8.99. The van der Waals surface area contributed by atoms with Crippen molar-refractivity contribution in [3.8, 4) is 0 Å². The fraction of sp³-hybridized carbons (Fsp3) is 0.909. The predicted molar refractivity (Wildman–Crippen MR) is 105 cm³/mol. The quantitative estimate of drug-likeness (QED) is 0.136. The van der Waals surface area contributed by atoms with E-state index in [1.807, 2.05) is 0 Å². The van der Waals surface area contributed by atoms with Gasteiger partial charge in [-0.25, -0.2) is 0 Å². The van der Waals surface area contributed by atoms with Crippen molar-refractivity contribution in [2.75, 3.05) is 0 Å². The van der Waals surface area contributed by atoms with Crippen LogP contribution in [0.5, 0.6) is 0 Å². The van der Waals surface area contributed by atoms with Crippen LogP contribution in [0.1, 0.15) is 46.5 Å². The van der Waals surface area contributed by atoms with Crippen LogP contribution in [0.3, 0.4) is 0 Å². The van der Waals surface area contributed by atoms with Gasteiger partial charge in [0, 0.05) is 12.3 Å². The van der Waals surface area contributed by atoms with Gasteiger partial charge in [-0.1, -0.05) is 19.4 Å². The maximum absolute atomic E-state index is 14.7. The summed E-state index contributed by atoms with van der Waals surface area (Å²) in [5.74, 6) is -86.9. The first-order chi connectivity index (χ1) is 18.1. The van der Waals surface area contributed by atoms with Gasteiger partial charge in [-0.15, -0.1) is 6.58 Å². The average molecular weight is 666 g/mol. The molecule has 0 saturated heterocycles. The van der Waals surface area contributed by atoms with E-state index in [9.17, 15) is 87.8 Å². The molecule has 0 aromatic carbocycles. The Hall–Kier alpha value is -1.66. The van der Waals surface area contributed by atoms with E-state index in [4.69, 9.17) is 0 Å². The molecular formula is C22H22F20. The number of halogens is 20. The average Bonchev–Trinajstić information content (AvgIpc) is 3.17. The van der Waals surface area contributed by atoms with Crippen molar-refractivity contribution in [3.05, 3.63) is 12.2 Å². The van der Waals surface area contributed by atoms with Crippen LogP contribution in [-0.4, -0.2) is 59.2 Å². The molecule has 0 aromatic rings. The first kappa shape index (κ1) is 38.4. The van der Waals surface area contributed by atoms with Crippen LogP contribution >= 0.6 is 0 Å². The third kappa shape index (κ3) is 4.91. The Labute approximate surface area is 224 Å². The molecule has 0 radical (unpaired) electrons. The molecule has 42 heavy (non-hydrogen) atoms. The highest BCUT2D eigenvalue weighted by molar-refractivity contribution is 5.19. The van der Waals surface area contributed by atoms with Gasteiger partial charge in [0.1, 0.15) is 0 Å². The van der Waals surface area contributed by atoms with Crippen molar-refractivity contribution in [1.82, 2.24) is 0 Å². The second-order valence-electron chi connectivity index (χ2n) is 10.4. The van der Waals surface area contributed by atoms with E-state index >= 15 is 0 Å². The Kier molecular flexibility index (Phi) is 9.56. The molecule has 0 N–H and O–H groups in total. The fourth-order valence-corrected chi connectivity index (χ4v) is 4.62. The van der Waals surface area contributed by atoms with Crippen LogP contribution in [0.25, 0.3) is 0 Å². The maximum Gasteiger partial charge on any atom is 0.385 e. The third-order valence-electron chi connectivity index (χ3n) is 7.16. The molecule has 0 aromatic heterocycles. The molecule has 250 valence electrons. The minimum Gasteiger partial charge on any atom is -0.200 e. The fourth-order valence-electron chi connectivity index (χ4n) is 4.62. The maximum atomic E-state index is 14.7. The summed E-state index contributed by atoms with van der Waals surface area (Å²) in [6, 6.07) is 0. The molecule has 0 bridgehead atoms. The van der Waals surface area contributed by atoms with Crippen molar-refractivity contribution in [3.63, 3.8) is 0 Å². The second-order valence-corrected chi connectivity index (χ2v) is 10.4. The van der Waals surface area contributed by atoms with Crippen molar-refractivity contribution < 1.29 is 87.8 Å². The Morgan fingerprint density at radius 3 is 1.17 bits per heavy atom. The van der Waals surface area contributed by atoms with Gasteiger partial charge in [0.15, 0.2) is 0 Å². The zero-order valence-corrected chi connectivity index (χ0v) is 21.3. The van der Waals surface area contributed by atoms with E-state index in [1.165, 1.54) is 6.92 Å². The van der Waals surface area contributed by atoms with E-state index in [0.717, 1.165) is 0 Å². The summed E-state index contributed by atoms with van der Waals surface area (Å²) in [4.78, 5) is 0. The first-order valence-electron chi connectivity index (χ1n) is 11.5. The van der Waals surface area contributed by atoms with E-state index in [-0.39, 0.29) is 18.9 Å². The number of hydrogen-bond donors (Lipinski definition) is 0. The Morgan fingerprint density at radius 2 is 0.857 bits per heavy atom. The normalized spacial score (nSPS) is 23.0. The summed E-state index contributed by atoms with van der Waals surface area (Å²) in [5, 5.41) is 0. The van der Waals surface area contributed by atoms with Crippen molar-refractivity contribution in [1.29, 1.82) is 0 Å². The predicted octanol–water partition coefficient (Wildman–Crippen LogP) is 10.4. The second kappa shape index (κ2) is 10.5. The smallest absolute Gasteiger partial charge is 0.200 e. The Balaban J connectivity index is 3.73. The molecule has 0 nitrogen and oxygen atoms in total. The van der Waals surface area contributed by atoms with Crippen molar-refractivity contribution in [2.24, 2.45) is 17.8 Å². The van der Waals surface area contributed by atoms with Gasteiger partial charge >= 0.3 is 59.2 Å². The monoisotopic (exact) mass is 666 g/mol. The number of allylic oxidation sites excluding steroid dienone is 1. The lowest BCUT2D eigenvalue weighted by Crippen LogP contribution is -2.77. The van der Waals surface area contributed by atoms with Crippen LogP contribution in [0.4, 0.5) is 87.8 Å². The number of hydrogen-bond acceptors (Lipinski definition) is 0. The highest BCUT2D eigenvalue weighted by atomic mass is 19.4. The van der Waals surface area contributed by atoms with Gasteiger partial charge in [0.2, 0.25) is 0 Å². The van der Waals surface area contributed by atoms with Crippen LogP contribution in [-0.2, 0) is 0 Å². The van der Waals surface area contributed by atoms with Gasteiger partial charge in [-0.05, 0) is 38.0 Å². The van der Waals surface area contributed by atoms with E-state index in [1.54, 1.807) is 0 Å². The summed E-state index contributed by atoms with van der Waals surface area (Å²) >= 11 is 0. The highest BCUT2D eigenvalue weighted by Gasteiger charge is 2.97.